The molecule has 0 bridgehead atoms. The van der Waals surface area contributed by atoms with Crippen molar-refractivity contribution in [1.29, 1.82) is 0 Å². The number of hydrogen-bond donors (Lipinski definition) is 1. The van der Waals surface area contributed by atoms with Gasteiger partial charge in [0.25, 0.3) is 10.0 Å². The maximum atomic E-state index is 13.1. The van der Waals surface area contributed by atoms with Gasteiger partial charge in [-0.15, -0.1) is 11.3 Å². The van der Waals surface area contributed by atoms with Crippen molar-refractivity contribution >= 4 is 27.0 Å². The zero-order valence-electron chi connectivity index (χ0n) is 15.6. The molecule has 1 saturated carbocycles. The van der Waals surface area contributed by atoms with Gasteiger partial charge in [-0.1, -0.05) is 17.3 Å². The third-order valence-electron chi connectivity index (χ3n) is 5.39. The Hall–Kier alpha value is -2.19. The molecule has 1 N–H and O–H groups in total. The van der Waals surface area contributed by atoms with Crippen LogP contribution in [-0.4, -0.2) is 18.6 Å². The van der Waals surface area contributed by atoms with Crippen LogP contribution in [0, 0.1) is 6.92 Å². The molecular formula is C20H21N3O3S2. The van der Waals surface area contributed by atoms with Gasteiger partial charge in [0.05, 0.1) is 10.6 Å². The van der Waals surface area contributed by atoms with E-state index in [2.05, 4.69) is 20.9 Å². The van der Waals surface area contributed by atoms with Crippen LogP contribution in [0.5, 0.6) is 0 Å². The number of fused-ring (bicyclic) bond motifs is 1. The average molecular weight is 416 g/mol. The highest BCUT2D eigenvalue weighted by molar-refractivity contribution is 7.93. The van der Waals surface area contributed by atoms with Crippen LogP contribution in [0.3, 0.4) is 0 Å². The van der Waals surface area contributed by atoms with Crippen molar-refractivity contribution in [2.24, 2.45) is 0 Å². The lowest BCUT2D eigenvalue weighted by Crippen LogP contribution is -2.16. The van der Waals surface area contributed by atoms with E-state index in [1.165, 1.54) is 16.9 Å². The van der Waals surface area contributed by atoms with Gasteiger partial charge in [0.15, 0.2) is 0 Å². The summed E-state index contributed by atoms with van der Waals surface area (Å²) in [6, 6.07) is 7.52. The largest absolute Gasteiger partial charge is 0.339 e. The molecule has 2 aliphatic rings. The van der Waals surface area contributed by atoms with E-state index in [4.69, 9.17) is 4.52 Å². The smallest absolute Gasteiger partial charge is 0.263 e. The molecule has 3 aromatic rings. The molecule has 5 rings (SSSR count). The molecule has 1 fully saturated rings. The van der Waals surface area contributed by atoms with Crippen LogP contribution in [0.1, 0.15) is 53.5 Å². The first-order valence-corrected chi connectivity index (χ1v) is 11.9. The number of rotatable bonds is 5. The van der Waals surface area contributed by atoms with E-state index < -0.39 is 10.0 Å². The van der Waals surface area contributed by atoms with Crippen molar-refractivity contribution in [2.45, 2.75) is 56.3 Å². The van der Waals surface area contributed by atoms with Gasteiger partial charge >= 0.3 is 0 Å². The highest BCUT2D eigenvalue weighted by Crippen LogP contribution is 2.40. The SMILES string of the molecule is Cc1sc(-c2noc(C3CC3)n2)cc1S(=O)(=O)Nc1cccc2c1CCCC2. The van der Waals surface area contributed by atoms with Crippen LogP contribution < -0.4 is 4.72 Å². The number of sulfonamides is 1. The fourth-order valence-electron chi connectivity index (χ4n) is 3.75. The van der Waals surface area contributed by atoms with E-state index in [-0.39, 0.29) is 4.90 Å². The molecule has 0 aliphatic heterocycles. The second-order valence-electron chi connectivity index (χ2n) is 7.52. The molecule has 0 amide bonds. The van der Waals surface area contributed by atoms with Gasteiger partial charge in [0.1, 0.15) is 4.90 Å². The van der Waals surface area contributed by atoms with Crippen molar-refractivity contribution in [2.75, 3.05) is 4.72 Å². The Morgan fingerprint density at radius 2 is 2.04 bits per heavy atom. The first kappa shape index (κ1) is 17.9. The molecular weight excluding hydrogens is 394 g/mol. The number of nitrogens with zero attached hydrogens (tertiary/aromatic N) is 2. The normalized spacial score (nSPS) is 16.8. The Kier molecular flexibility index (Phi) is 4.28. The standard InChI is InChI=1S/C20H21N3O3S2/c1-12-18(11-17(27-12)19-21-20(26-22-19)14-9-10-14)28(24,25)23-16-8-4-6-13-5-2-3-7-15(13)16/h4,6,8,11,14,23H,2-3,5,7,9-10H2,1H3. The summed E-state index contributed by atoms with van der Waals surface area (Å²) in [5.74, 6) is 1.49. The third kappa shape index (κ3) is 3.24. The van der Waals surface area contributed by atoms with Crippen LogP contribution in [-0.2, 0) is 22.9 Å². The van der Waals surface area contributed by atoms with Crippen LogP contribution in [0.4, 0.5) is 5.69 Å². The van der Waals surface area contributed by atoms with Crippen LogP contribution in [0.15, 0.2) is 33.7 Å². The fraction of sp³-hybridized carbons (Fsp3) is 0.400. The average Bonchev–Trinajstić information content (AvgIpc) is 3.27. The molecule has 2 aromatic heterocycles. The molecule has 0 saturated heterocycles. The number of aryl methyl sites for hydroxylation is 2. The Bertz CT molecular complexity index is 1140. The van der Waals surface area contributed by atoms with Crippen molar-refractivity contribution in [1.82, 2.24) is 10.1 Å². The molecule has 2 heterocycles. The van der Waals surface area contributed by atoms with Crippen molar-refractivity contribution < 1.29 is 12.9 Å². The second-order valence-corrected chi connectivity index (χ2v) is 10.4. The van der Waals surface area contributed by atoms with Crippen LogP contribution >= 0.6 is 11.3 Å². The molecule has 0 atom stereocenters. The summed E-state index contributed by atoms with van der Waals surface area (Å²) in [5.41, 5.74) is 3.06. The Labute approximate surface area is 168 Å². The topological polar surface area (TPSA) is 85.1 Å². The Balaban J connectivity index is 1.46. The molecule has 0 spiro atoms. The molecule has 0 radical (unpaired) electrons. The highest BCUT2D eigenvalue weighted by Gasteiger charge is 2.30. The zero-order valence-corrected chi connectivity index (χ0v) is 17.2. The quantitative estimate of drug-likeness (QED) is 0.655. The maximum absolute atomic E-state index is 13.1. The van der Waals surface area contributed by atoms with Crippen molar-refractivity contribution in [3.8, 4) is 10.7 Å². The van der Waals surface area contributed by atoms with Crippen LogP contribution in [0.2, 0.25) is 0 Å². The Morgan fingerprint density at radius 1 is 1.21 bits per heavy atom. The minimum atomic E-state index is -3.69. The summed E-state index contributed by atoms with van der Waals surface area (Å²) in [6.45, 7) is 1.81. The van der Waals surface area contributed by atoms with E-state index in [1.54, 1.807) is 6.07 Å². The number of aromatic nitrogens is 2. The molecule has 8 heteroatoms. The van der Waals surface area contributed by atoms with Crippen molar-refractivity contribution in [3.05, 3.63) is 46.2 Å². The van der Waals surface area contributed by atoms with E-state index >= 15 is 0 Å². The van der Waals surface area contributed by atoms with Gasteiger partial charge in [-0.05, 0) is 68.7 Å². The molecule has 2 aliphatic carbocycles. The molecule has 6 nitrogen and oxygen atoms in total. The summed E-state index contributed by atoms with van der Waals surface area (Å²) in [5, 5.41) is 4.03. The number of nitrogens with one attached hydrogen (secondary N) is 1. The number of hydrogen-bond acceptors (Lipinski definition) is 6. The summed E-state index contributed by atoms with van der Waals surface area (Å²) >= 11 is 1.37. The summed E-state index contributed by atoms with van der Waals surface area (Å²) in [7, 11) is -3.69. The third-order valence-corrected chi connectivity index (χ3v) is 8.06. The van der Waals surface area contributed by atoms with E-state index in [1.807, 2.05) is 19.1 Å². The minimum Gasteiger partial charge on any atom is -0.339 e. The summed E-state index contributed by atoms with van der Waals surface area (Å²) in [6.07, 6.45) is 6.33. The first-order valence-electron chi connectivity index (χ1n) is 9.59. The van der Waals surface area contributed by atoms with Crippen molar-refractivity contribution in [3.63, 3.8) is 0 Å². The predicted molar refractivity (Wildman–Crippen MR) is 108 cm³/mol. The molecule has 0 unspecified atom stereocenters. The minimum absolute atomic E-state index is 0.277. The first-order chi connectivity index (χ1) is 13.5. The van der Waals surface area contributed by atoms with Gasteiger partial charge in [-0.2, -0.15) is 4.98 Å². The van der Waals surface area contributed by atoms with E-state index in [0.29, 0.717) is 33.1 Å². The summed E-state index contributed by atoms with van der Waals surface area (Å²) < 4.78 is 34.3. The summed E-state index contributed by atoms with van der Waals surface area (Å²) in [4.78, 5) is 6.14. The highest BCUT2D eigenvalue weighted by atomic mass is 32.2. The predicted octanol–water partition coefficient (Wildman–Crippen LogP) is 4.66. The lowest BCUT2D eigenvalue weighted by Gasteiger charge is -2.20. The lowest BCUT2D eigenvalue weighted by molar-refractivity contribution is 0.380. The van der Waals surface area contributed by atoms with Crippen LogP contribution in [0.25, 0.3) is 10.7 Å². The monoisotopic (exact) mass is 415 g/mol. The van der Waals surface area contributed by atoms with E-state index in [9.17, 15) is 8.42 Å². The van der Waals surface area contributed by atoms with Gasteiger partial charge in [0, 0.05) is 10.8 Å². The van der Waals surface area contributed by atoms with Gasteiger partial charge in [-0.3, -0.25) is 4.72 Å². The number of benzene rings is 1. The molecule has 1 aromatic carbocycles. The van der Waals surface area contributed by atoms with Gasteiger partial charge in [-0.25, -0.2) is 8.42 Å². The maximum Gasteiger partial charge on any atom is 0.263 e. The Morgan fingerprint density at radius 3 is 2.86 bits per heavy atom. The lowest BCUT2D eigenvalue weighted by atomic mass is 9.91. The zero-order chi connectivity index (χ0) is 19.3. The van der Waals surface area contributed by atoms with Gasteiger partial charge in [0.2, 0.25) is 11.7 Å². The molecule has 28 heavy (non-hydrogen) atoms. The fourth-order valence-corrected chi connectivity index (χ4v) is 6.36. The van der Waals surface area contributed by atoms with E-state index in [0.717, 1.165) is 44.1 Å². The van der Waals surface area contributed by atoms with Gasteiger partial charge < -0.3 is 4.52 Å². The second kappa shape index (κ2) is 6.70. The number of thiophene rings is 1. The number of anilines is 1. The molecule has 146 valence electrons.